The van der Waals surface area contributed by atoms with Gasteiger partial charge in [-0.25, -0.2) is 0 Å². The van der Waals surface area contributed by atoms with Crippen LogP contribution >= 0.6 is 22.6 Å². The van der Waals surface area contributed by atoms with E-state index in [0.717, 1.165) is 10.2 Å². The van der Waals surface area contributed by atoms with Crippen LogP contribution in [-0.2, 0) is 6.54 Å². The summed E-state index contributed by atoms with van der Waals surface area (Å²) in [5.41, 5.74) is 3.84. The number of benzene rings is 1. The van der Waals surface area contributed by atoms with Crippen molar-refractivity contribution in [1.29, 1.82) is 0 Å². The molecule has 0 aliphatic heterocycles. The van der Waals surface area contributed by atoms with E-state index in [0.29, 0.717) is 0 Å². The normalized spacial score (nSPS) is 10.6. The van der Waals surface area contributed by atoms with Crippen LogP contribution in [-0.4, -0.2) is 9.78 Å². The summed E-state index contributed by atoms with van der Waals surface area (Å²) in [4.78, 5) is 0. The van der Waals surface area contributed by atoms with E-state index in [-0.39, 0.29) is 0 Å². The lowest BCUT2D eigenvalue weighted by atomic mass is 10.1. The van der Waals surface area contributed by atoms with Crippen LogP contribution in [0.4, 0.5) is 0 Å². The molecule has 0 amide bonds. The van der Waals surface area contributed by atoms with E-state index in [1.54, 1.807) is 0 Å². The fourth-order valence-corrected chi connectivity index (χ4v) is 1.99. The number of hydrogen-bond donors (Lipinski definition) is 0. The Kier molecular flexibility index (Phi) is 3.09. The number of halogens is 1. The van der Waals surface area contributed by atoms with E-state index in [9.17, 15) is 0 Å². The number of nitrogens with zero attached hydrogens (tertiary/aromatic N) is 2. The first-order valence-corrected chi connectivity index (χ1v) is 5.98. The average molecular weight is 312 g/mol. The van der Waals surface area contributed by atoms with Crippen LogP contribution in [0.1, 0.15) is 16.7 Å². The Morgan fingerprint density at radius 3 is 2.73 bits per heavy atom. The maximum absolute atomic E-state index is 4.44. The second-order valence-corrected chi connectivity index (χ2v) is 4.81. The summed E-state index contributed by atoms with van der Waals surface area (Å²) in [6.45, 7) is 5.05. The van der Waals surface area contributed by atoms with Gasteiger partial charge in [-0.3, -0.25) is 4.68 Å². The largest absolute Gasteiger partial charge is 0.267 e. The van der Waals surface area contributed by atoms with Crippen molar-refractivity contribution >= 4 is 22.6 Å². The Morgan fingerprint density at radius 2 is 2.13 bits per heavy atom. The van der Waals surface area contributed by atoms with Gasteiger partial charge in [0.2, 0.25) is 0 Å². The first-order chi connectivity index (χ1) is 7.15. The molecule has 0 saturated carbocycles. The molecule has 0 aliphatic carbocycles. The Hall–Kier alpha value is -0.840. The van der Waals surface area contributed by atoms with Crippen LogP contribution in [0.2, 0.25) is 0 Å². The van der Waals surface area contributed by atoms with E-state index in [4.69, 9.17) is 0 Å². The molecule has 0 N–H and O–H groups in total. The zero-order valence-corrected chi connectivity index (χ0v) is 11.0. The van der Waals surface area contributed by atoms with Crippen LogP contribution in [0.25, 0.3) is 0 Å². The van der Waals surface area contributed by atoms with Crippen LogP contribution in [0.15, 0.2) is 30.5 Å². The quantitative estimate of drug-likeness (QED) is 0.779. The van der Waals surface area contributed by atoms with Crippen molar-refractivity contribution in [3.05, 3.63) is 50.9 Å². The first kappa shape index (κ1) is 10.7. The highest BCUT2D eigenvalue weighted by Gasteiger charge is 2.01. The molecule has 2 rings (SSSR count). The predicted molar refractivity (Wildman–Crippen MR) is 70.0 cm³/mol. The molecule has 0 fully saturated rings. The molecule has 78 valence electrons. The maximum Gasteiger partial charge on any atom is 0.126 e. The van der Waals surface area contributed by atoms with Crippen molar-refractivity contribution in [2.24, 2.45) is 0 Å². The highest BCUT2D eigenvalue weighted by Crippen LogP contribution is 2.10. The molecule has 0 aliphatic rings. The van der Waals surface area contributed by atoms with Crippen LogP contribution < -0.4 is 0 Å². The third-order valence-electron chi connectivity index (χ3n) is 2.31. The zero-order valence-electron chi connectivity index (χ0n) is 8.87. The molecule has 0 bridgehead atoms. The van der Waals surface area contributed by atoms with E-state index >= 15 is 0 Å². The van der Waals surface area contributed by atoms with Crippen molar-refractivity contribution in [2.75, 3.05) is 0 Å². The van der Waals surface area contributed by atoms with Gasteiger partial charge in [0.15, 0.2) is 0 Å². The molecular weight excluding hydrogens is 299 g/mol. The van der Waals surface area contributed by atoms with Crippen LogP contribution in [0.5, 0.6) is 0 Å². The molecule has 1 aromatic carbocycles. The van der Waals surface area contributed by atoms with Crippen LogP contribution in [0, 0.1) is 17.5 Å². The van der Waals surface area contributed by atoms with Gasteiger partial charge >= 0.3 is 0 Å². The minimum Gasteiger partial charge on any atom is -0.267 e. The fraction of sp³-hybridized carbons (Fsp3) is 0.250. The number of rotatable bonds is 2. The SMILES string of the molecule is Cc1cccc(Cn2cc(C)c(I)n2)c1. The minimum absolute atomic E-state index is 0.853. The summed E-state index contributed by atoms with van der Waals surface area (Å²) in [6, 6.07) is 8.54. The number of aromatic nitrogens is 2. The molecule has 0 saturated heterocycles. The molecule has 0 atom stereocenters. The number of hydrogen-bond acceptors (Lipinski definition) is 1. The Labute approximate surface area is 103 Å². The summed E-state index contributed by atoms with van der Waals surface area (Å²) in [6.07, 6.45) is 2.09. The number of aryl methyl sites for hydroxylation is 2. The Bertz CT molecular complexity index is 455. The first-order valence-electron chi connectivity index (χ1n) is 4.90. The molecular formula is C12H13IN2. The average Bonchev–Trinajstić information content (AvgIpc) is 2.45. The van der Waals surface area contributed by atoms with Gasteiger partial charge in [0.05, 0.1) is 6.54 Å². The standard InChI is InChI=1S/C12H13IN2/c1-9-4-3-5-11(6-9)8-15-7-10(2)12(13)14-15/h3-7H,8H2,1-2H3. The van der Waals surface area contributed by atoms with E-state index in [1.165, 1.54) is 16.7 Å². The van der Waals surface area contributed by atoms with Gasteiger partial charge in [0.25, 0.3) is 0 Å². The second-order valence-electron chi connectivity index (χ2n) is 3.79. The lowest BCUT2D eigenvalue weighted by Crippen LogP contribution is -2.00. The summed E-state index contributed by atoms with van der Waals surface area (Å²) in [5.74, 6) is 0. The summed E-state index contributed by atoms with van der Waals surface area (Å²) >= 11 is 2.26. The Balaban J connectivity index is 2.22. The minimum atomic E-state index is 0.853. The molecule has 0 radical (unpaired) electrons. The molecule has 1 heterocycles. The smallest absolute Gasteiger partial charge is 0.126 e. The van der Waals surface area contributed by atoms with E-state index < -0.39 is 0 Å². The highest BCUT2D eigenvalue weighted by atomic mass is 127. The van der Waals surface area contributed by atoms with Gasteiger partial charge in [-0.05, 0) is 42.0 Å². The second kappa shape index (κ2) is 4.35. The fourth-order valence-electron chi connectivity index (χ4n) is 1.58. The summed E-state index contributed by atoms with van der Waals surface area (Å²) < 4.78 is 3.08. The van der Waals surface area contributed by atoms with Gasteiger partial charge in [-0.1, -0.05) is 29.8 Å². The molecule has 1 aromatic heterocycles. The zero-order chi connectivity index (χ0) is 10.8. The lowest BCUT2D eigenvalue weighted by Gasteiger charge is -2.02. The molecule has 2 nitrogen and oxygen atoms in total. The van der Waals surface area contributed by atoms with Gasteiger partial charge in [-0.15, -0.1) is 0 Å². The van der Waals surface area contributed by atoms with Gasteiger partial charge in [0, 0.05) is 11.8 Å². The summed E-state index contributed by atoms with van der Waals surface area (Å²) in [7, 11) is 0. The van der Waals surface area contributed by atoms with Crippen LogP contribution in [0.3, 0.4) is 0 Å². The Morgan fingerprint density at radius 1 is 1.33 bits per heavy atom. The molecule has 0 spiro atoms. The van der Waals surface area contributed by atoms with E-state index in [1.807, 2.05) is 4.68 Å². The highest BCUT2D eigenvalue weighted by molar-refractivity contribution is 14.1. The van der Waals surface area contributed by atoms with Crippen molar-refractivity contribution < 1.29 is 0 Å². The van der Waals surface area contributed by atoms with E-state index in [2.05, 4.69) is 72.0 Å². The lowest BCUT2D eigenvalue weighted by molar-refractivity contribution is 0.680. The monoisotopic (exact) mass is 312 g/mol. The summed E-state index contributed by atoms with van der Waals surface area (Å²) in [5, 5.41) is 4.44. The van der Waals surface area contributed by atoms with Gasteiger partial charge < -0.3 is 0 Å². The molecule has 3 heteroatoms. The topological polar surface area (TPSA) is 17.8 Å². The van der Waals surface area contributed by atoms with Crippen molar-refractivity contribution in [3.63, 3.8) is 0 Å². The van der Waals surface area contributed by atoms with Crippen molar-refractivity contribution in [3.8, 4) is 0 Å². The molecule has 2 aromatic rings. The molecule has 15 heavy (non-hydrogen) atoms. The van der Waals surface area contributed by atoms with Crippen molar-refractivity contribution in [2.45, 2.75) is 20.4 Å². The third-order valence-corrected chi connectivity index (χ3v) is 3.38. The van der Waals surface area contributed by atoms with Crippen molar-refractivity contribution in [1.82, 2.24) is 9.78 Å². The van der Waals surface area contributed by atoms with Gasteiger partial charge in [-0.2, -0.15) is 5.10 Å². The maximum atomic E-state index is 4.44. The predicted octanol–water partition coefficient (Wildman–Crippen LogP) is 3.15. The third kappa shape index (κ3) is 2.59. The van der Waals surface area contributed by atoms with Gasteiger partial charge in [0.1, 0.15) is 3.70 Å². The molecule has 0 unspecified atom stereocenters.